The first-order valence-electron chi connectivity index (χ1n) is 7.43. The molecular formula is C17H15ClN4O2S. The van der Waals surface area contributed by atoms with Crippen LogP contribution in [0.2, 0.25) is 5.02 Å². The predicted octanol–water partition coefficient (Wildman–Crippen LogP) is 2.94. The number of hydrogen-bond acceptors (Lipinski definition) is 4. The van der Waals surface area contributed by atoms with Crippen molar-refractivity contribution in [1.29, 1.82) is 0 Å². The van der Waals surface area contributed by atoms with E-state index >= 15 is 0 Å². The number of halogens is 1. The fraction of sp³-hybridized carbons (Fsp3) is 0.118. The molecule has 3 N–H and O–H groups in total. The highest BCUT2D eigenvalue weighted by Gasteiger charge is 2.13. The molecule has 8 heteroatoms. The largest absolute Gasteiger partial charge is 0.342 e. The lowest BCUT2D eigenvalue weighted by Crippen LogP contribution is -2.42. The van der Waals surface area contributed by atoms with Gasteiger partial charge in [-0.3, -0.25) is 20.4 Å². The van der Waals surface area contributed by atoms with Crippen LogP contribution in [-0.2, 0) is 11.2 Å². The van der Waals surface area contributed by atoms with E-state index in [0.29, 0.717) is 16.4 Å². The van der Waals surface area contributed by atoms with Gasteiger partial charge in [-0.2, -0.15) is 0 Å². The lowest BCUT2D eigenvalue weighted by atomic mass is 10.2. The number of aromatic amines is 1. The Bertz CT molecular complexity index is 908. The van der Waals surface area contributed by atoms with Crippen LogP contribution in [0.3, 0.4) is 0 Å². The molecule has 128 valence electrons. The number of fused-ring (bicyclic) bond motifs is 1. The van der Waals surface area contributed by atoms with Crippen LogP contribution in [0.4, 0.5) is 0 Å². The van der Waals surface area contributed by atoms with Crippen LogP contribution in [0.15, 0.2) is 47.4 Å². The fourth-order valence-corrected chi connectivity index (χ4v) is 2.93. The first-order valence-corrected chi connectivity index (χ1v) is 9.03. The summed E-state index contributed by atoms with van der Waals surface area (Å²) in [6.07, 6.45) is 1.92. The number of nitrogens with zero attached hydrogens (tertiary/aromatic N) is 1. The zero-order valence-electron chi connectivity index (χ0n) is 13.3. The summed E-state index contributed by atoms with van der Waals surface area (Å²) >= 11 is 7.54. The molecule has 0 saturated heterocycles. The van der Waals surface area contributed by atoms with Crippen molar-refractivity contribution in [2.45, 2.75) is 11.3 Å². The van der Waals surface area contributed by atoms with Gasteiger partial charge in [0, 0.05) is 4.90 Å². The zero-order chi connectivity index (χ0) is 17.8. The Morgan fingerprint density at radius 1 is 1.20 bits per heavy atom. The molecule has 0 saturated carbocycles. The number of imidazole rings is 1. The Morgan fingerprint density at radius 3 is 2.76 bits per heavy atom. The second-order valence-electron chi connectivity index (χ2n) is 5.23. The number of H-pyrrole nitrogens is 1. The molecular weight excluding hydrogens is 360 g/mol. The number of rotatable bonds is 4. The molecule has 0 aliphatic heterocycles. The summed E-state index contributed by atoms with van der Waals surface area (Å²) in [5.41, 5.74) is 6.69. The molecule has 0 spiro atoms. The third-order valence-corrected chi connectivity index (χ3v) is 4.55. The summed E-state index contributed by atoms with van der Waals surface area (Å²) < 4.78 is 0. The molecule has 0 aliphatic carbocycles. The Labute approximate surface area is 153 Å². The minimum Gasteiger partial charge on any atom is -0.342 e. The zero-order valence-corrected chi connectivity index (χ0v) is 14.9. The van der Waals surface area contributed by atoms with E-state index in [1.165, 1.54) is 11.8 Å². The van der Waals surface area contributed by atoms with E-state index in [4.69, 9.17) is 11.6 Å². The molecule has 1 aromatic heterocycles. The number of carbonyl (C=O) groups is 2. The third kappa shape index (κ3) is 4.12. The van der Waals surface area contributed by atoms with Gasteiger partial charge in [-0.1, -0.05) is 23.7 Å². The van der Waals surface area contributed by atoms with E-state index in [1.54, 1.807) is 12.1 Å². The lowest BCUT2D eigenvalue weighted by Gasteiger charge is -2.09. The number of benzene rings is 2. The molecule has 0 fully saturated rings. The highest BCUT2D eigenvalue weighted by atomic mass is 35.5. The minimum absolute atomic E-state index is 0.0214. The van der Waals surface area contributed by atoms with E-state index in [2.05, 4.69) is 20.8 Å². The van der Waals surface area contributed by atoms with Crippen molar-refractivity contribution in [3.05, 3.63) is 58.9 Å². The monoisotopic (exact) mass is 374 g/mol. The number of para-hydroxylation sites is 2. The molecule has 3 rings (SSSR count). The minimum atomic E-state index is -0.473. The summed E-state index contributed by atoms with van der Waals surface area (Å²) in [5.74, 6) is -0.334. The maximum absolute atomic E-state index is 12.2. The summed E-state index contributed by atoms with van der Waals surface area (Å²) in [4.78, 5) is 32.5. The summed E-state index contributed by atoms with van der Waals surface area (Å²) in [6.45, 7) is 0. The van der Waals surface area contributed by atoms with Crippen molar-refractivity contribution in [3.63, 3.8) is 0 Å². The Kier molecular flexibility index (Phi) is 5.25. The van der Waals surface area contributed by atoms with Crippen molar-refractivity contribution in [2.75, 3.05) is 6.26 Å². The highest BCUT2D eigenvalue weighted by Crippen LogP contribution is 2.22. The van der Waals surface area contributed by atoms with Gasteiger partial charge in [0.05, 0.1) is 28.0 Å². The van der Waals surface area contributed by atoms with Crippen molar-refractivity contribution < 1.29 is 9.59 Å². The lowest BCUT2D eigenvalue weighted by molar-refractivity contribution is -0.121. The normalized spacial score (nSPS) is 10.6. The first-order chi connectivity index (χ1) is 12.1. The van der Waals surface area contributed by atoms with Gasteiger partial charge in [0.2, 0.25) is 5.91 Å². The van der Waals surface area contributed by atoms with Gasteiger partial charge >= 0.3 is 0 Å². The topological polar surface area (TPSA) is 86.9 Å². The average molecular weight is 375 g/mol. The van der Waals surface area contributed by atoms with Crippen molar-refractivity contribution >= 4 is 46.2 Å². The number of carbonyl (C=O) groups excluding carboxylic acids is 2. The second-order valence-corrected chi connectivity index (χ2v) is 6.51. The molecule has 1 heterocycles. The van der Waals surface area contributed by atoms with Crippen molar-refractivity contribution in [3.8, 4) is 0 Å². The van der Waals surface area contributed by atoms with Crippen molar-refractivity contribution in [2.24, 2.45) is 0 Å². The van der Waals surface area contributed by atoms with Crippen LogP contribution in [0.1, 0.15) is 16.2 Å². The standard InChI is InChI=1S/C17H15ClN4O2S/c1-25-10-6-7-12(18)11(8-10)17(24)22-21-16(23)9-15-19-13-4-2-3-5-14(13)20-15/h2-8H,9H2,1H3,(H,19,20)(H,21,23)(H,22,24). The van der Waals surface area contributed by atoms with Gasteiger partial charge in [0.1, 0.15) is 5.82 Å². The number of aromatic nitrogens is 2. The molecule has 6 nitrogen and oxygen atoms in total. The molecule has 25 heavy (non-hydrogen) atoms. The van der Waals surface area contributed by atoms with Gasteiger partial charge in [0.15, 0.2) is 0 Å². The molecule has 0 aliphatic rings. The van der Waals surface area contributed by atoms with Crippen LogP contribution in [0.5, 0.6) is 0 Å². The molecule has 2 aromatic carbocycles. The van der Waals surface area contributed by atoms with Crippen LogP contribution in [-0.4, -0.2) is 28.0 Å². The van der Waals surface area contributed by atoms with E-state index in [9.17, 15) is 9.59 Å². The average Bonchev–Trinajstić information content (AvgIpc) is 3.02. The Morgan fingerprint density at radius 2 is 2.00 bits per heavy atom. The van der Waals surface area contributed by atoms with Crippen LogP contribution < -0.4 is 10.9 Å². The van der Waals surface area contributed by atoms with Gasteiger partial charge in [-0.15, -0.1) is 11.8 Å². The fourth-order valence-electron chi connectivity index (χ4n) is 2.28. The predicted molar refractivity (Wildman–Crippen MR) is 98.6 cm³/mol. The number of amides is 2. The number of thioether (sulfide) groups is 1. The third-order valence-electron chi connectivity index (χ3n) is 3.50. The van der Waals surface area contributed by atoms with Crippen LogP contribution in [0.25, 0.3) is 11.0 Å². The van der Waals surface area contributed by atoms with Gasteiger partial charge in [0.25, 0.3) is 5.91 Å². The summed E-state index contributed by atoms with van der Waals surface area (Å²) in [5, 5.41) is 0.321. The van der Waals surface area contributed by atoms with E-state index < -0.39 is 5.91 Å². The van der Waals surface area contributed by atoms with Crippen molar-refractivity contribution in [1.82, 2.24) is 20.8 Å². The molecule has 0 radical (unpaired) electrons. The first kappa shape index (κ1) is 17.3. The quantitative estimate of drug-likeness (QED) is 0.484. The molecule has 0 unspecified atom stereocenters. The van der Waals surface area contributed by atoms with Crippen LogP contribution >= 0.6 is 23.4 Å². The van der Waals surface area contributed by atoms with Gasteiger partial charge in [-0.25, -0.2) is 4.98 Å². The number of nitrogens with one attached hydrogen (secondary N) is 3. The van der Waals surface area contributed by atoms with Gasteiger partial charge in [-0.05, 0) is 36.6 Å². The number of hydrogen-bond donors (Lipinski definition) is 3. The van der Waals surface area contributed by atoms with Crippen LogP contribution in [0, 0.1) is 0 Å². The van der Waals surface area contributed by atoms with E-state index in [1.807, 2.05) is 36.6 Å². The number of hydrazine groups is 1. The smallest absolute Gasteiger partial charge is 0.271 e. The molecule has 0 bridgehead atoms. The maximum atomic E-state index is 12.2. The SMILES string of the molecule is CSc1ccc(Cl)c(C(=O)NNC(=O)Cc2nc3ccccc3[nH]2)c1. The van der Waals surface area contributed by atoms with E-state index in [-0.39, 0.29) is 12.3 Å². The summed E-state index contributed by atoms with van der Waals surface area (Å²) in [6, 6.07) is 12.6. The molecule has 0 atom stereocenters. The maximum Gasteiger partial charge on any atom is 0.271 e. The van der Waals surface area contributed by atoms with Gasteiger partial charge < -0.3 is 4.98 Å². The van der Waals surface area contributed by atoms with E-state index in [0.717, 1.165) is 15.9 Å². The second kappa shape index (κ2) is 7.58. The summed E-state index contributed by atoms with van der Waals surface area (Å²) in [7, 11) is 0. The molecule has 3 aromatic rings. The Hall–Kier alpha value is -2.51. The highest BCUT2D eigenvalue weighted by molar-refractivity contribution is 7.98. The Balaban J connectivity index is 1.61. The molecule has 2 amide bonds.